The fourth-order valence-corrected chi connectivity index (χ4v) is 3.52. The number of fused-ring (bicyclic) bond motifs is 1. The van der Waals surface area contributed by atoms with Crippen LogP contribution in [0, 0.1) is 0 Å². The molecule has 0 atom stereocenters. The minimum atomic E-state index is -0.483. The quantitative estimate of drug-likeness (QED) is 0.654. The summed E-state index contributed by atoms with van der Waals surface area (Å²) >= 11 is 3.41. The van der Waals surface area contributed by atoms with Gasteiger partial charge in [0.15, 0.2) is 18.1 Å². The highest BCUT2D eigenvalue weighted by molar-refractivity contribution is 9.10. The van der Waals surface area contributed by atoms with Crippen LogP contribution >= 0.6 is 15.9 Å². The van der Waals surface area contributed by atoms with Gasteiger partial charge in [-0.3, -0.25) is 9.59 Å². The van der Waals surface area contributed by atoms with Crippen LogP contribution in [0.2, 0.25) is 0 Å². The van der Waals surface area contributed by atoms with Gasteiger partial charge in [-0.2, -0.15) is 0 Å². The van der Waals surface area contributed by atoms with Gasteiger partial charge in [0.25, 0.3) is 5.91 Å². The average Bonchev–Trinajstić information content (AvgIpc) is 3.11. The molecule has 2 aromatic carbocycles. The summed E-state index contributed by atoms with van der Waals surface area (Å²) in [4.78, 5) is 26.3. The molecule has 1 aliphatic heterocycles. The number of esters is 1. The average molecular weight is 434 g/mol. The number of carbonyl (C=O) groups excluding carboxylic acids is 2. The molecule has 0 fully saturated rings. The fourth-order valence-electron chi connectivity index (χ4n) is 3.06. The van der Waals surface area contributed by atoms with Gasteiger partial charge in [-0.05, 0) is 35.7 Å². The summed E-state index contributed by atoms with van der Waals surface area (Å²) in [5.41, 5.74) is 2.71. The molecule has 0 unspecified atom stereocenters. The van der Waals surface area contributed by atoms with Crippen LogP contribution in [0.25, 0.3) is 0 Å². The first-order chi connectivity index (χ1) is 13.0. The first-order valence-electron chi connectivity index (χ1n) is 8.47. The van der Waals surface area contributed by atoms with Crippen LogP contribution in [0.15, 0.2) is 40.9 Å². The number of hydrogen-bond donors (Lipinski definition) is 0. The Morgan fingerprint density at radius 2 is 1.81 bits per heavy atom. The molecule has 6 nitrogen and oxygen atoms in total. The van der Waals surface area contributed by atoms with E-state index in [1.54, 1.807) is 24.1 Å². The van der Waals surface area contributed by atoms with Crippen LogP contribution in [0.3, 0.4) is 0 Å². The van der Waals surface area contributed by atoms with Crippen molar-refractivity contribution in [3.05, 3.63) is 52.0 Å². The van der Waals surface area contributed by atoms with Gasteiger partial charge in [-0.15, -0.1) is 0 Å². The van der Waals surface area contributed by atoms with Gasteiger partial charge in [-0.25, -0.2) is 0 Å². The molecular formula is C20H20BrNO5. The largest absolute Gasteiger partial charge is 0.493 e. The second-order valence-electron chi connectivity index (χ2n) is 6.06. The molecule has 0 saturated carbocycles. The number of benzene rings is 2. The number of anilines is 1. The second kappa shape index (κ2) is 8.43. The first kappa shape index (κ1) is 19.2. The summed E-state index contributed by atoms with van der Waals surface area (Å²) in [7, 11) is 3.07. The van der Waals surface area contributed by atoms with Gasteiger partial charge in [0.2, 0.25) is 0 Å². The van der Waals surface area contributed by atoms with Gasteiger partial charge in [0.1, 0.15) is 0 Å². The van der Waals surface area contributed by atoms with Crippen LogP contribution in [0.4, 0.5) is 5.69 Å². The summed E-state index contributed by atoms with van der Waals surface area (Å²) in [6, 6.07) is 11.2. The number of carbonyl (C=O) groups is 2. The van der Waals surface area contributed by atoms with Crippen LogP contribution < -0.4 is 14.4 Å². The summed E-state index contributed by atoms with van der Waals surface area (Å²) in [5, 5.41) is 0. The number of hydrogen-bond acceptors (Lipinski definition) is 5. The maximum Gasteiger partial charge on any atom is 0.310 e. The predicted octanol–water partition coefficient (Wildman–Crippen LogP) is 3.14. The lowest BCUT2D eigenvalue weighted by Crippen LogP contribution is -2.33. The molecule has 27 heavy (non-hydrogen) atoms. The summed E-state index contributed by atoms with van der Waals surface area (Å²) in [5.74, 6) is 0.376. The number of amides is 1. The van der Waals surface area contributed by atoms with E-state index in [-0.39, 0.29) is 18.9 Å². The SMILES string of the molecule is COc1cc(Br)c(CC(=O)OCC(=O)N2CCc3ccccc32)cc1OC. The summed E-state index contributed by atoms with van der Waals surface area (Å²) in [6.07, 6.45) is 0.833. The molecule has 1 amide bonds. The zero-order valence-corrected chi connectivity index (χ0v) is 16.7. The Bertz CT molecular complexity index is 867. The minimum Gasteiger partial charge on any atom is -0.493 e. The number of rotatable bonds is 6. The van der Waals surface area contributed by atoms with Crippen molar-refractivity contribution in [2.75, 3.05) is 32.3 Å². The Labute approximate surface area is 166 Å². The van der Waals surface area contributed by atoms with E-state index in [2.05, 4.69) is 15.9 Å². The molecular weight excluding hydrogens is 414 g/mol. The lowest BCUT2D eigenvalue weighted by Gasteiger charge is -2.17. The van der Waals surface area contributed by atoms with Crippen molar-refractivity contribution >= 4 is 33.5 Å². The van der Waals surface area contributed by atoms with E-state index in [1.165, 1.54) is 7.11 Å². The van der Waals surface area contributed by atoms with Gasteiger partial charge in [-0.1, -0.05) is 34.1 Å². The van der Waals surface area contributed by atoms with Crippen LogP contribution in [-0.2, 0) is 27.2 Å². The maximum atomic E-state index is 12.4. The van der Waals surface area contributed by atoms with Crippen LogP contribution in [-0.4, -0.2) is 39.2 Å². The van der Waals surface area contributed by atoms with Crippen LogP contribution in [0.5, 0.6) is 11.5 Å². The number of methoxy groups -OCH3 is 2. The van der Waals surface area contributed by atoms with E-state index in [1.807, 2.05) is 24.3 Å². The molecule has 7 heteroatoms. The lowest BCUT2D eigenvalue weighted by molar-refractivity contribution is -0.147. The molecule has 3 rings (SSSR count). The molecule has 0 bridgehead atoms. The molecule has 142 valence electrons. The topological polar surface area (TPSA) is 65.1 Å². The Balaban J connectivity index is 1.60. The van der Waals surface area contributed by atoms with E-state index >= 15 is 0 Å². The van der Waals surface area contributed by atoms with Crippen molar-refractivity contribution in [1.29, 1.82) is 0 Å². The zero-order valence-electron chi connectivity index (χ0n) is 15.2. The highest BCUT2D eigenvalue weighted by Crippen LogP contribution is 2.33. The third-order valence-corrected chi connectivity index (χ3v) is 5.17. The van der Waals surface area contributed by atoms with Gasteiger partial charge in [0, 0.05) is 16.7 Å². The molecule has 0 aromatic heterocycles. The third-order valence-electron chi connectivity index (χ3n) is 4.43. The Hall–Kier alpha value is -2.54. The van der Waals surface area contributed by atoms with Crippen molar-refractivity contribution in [3.63, 3.8) is 0 Å². The highest BCUT2D eigenvalue weighted by atomic mass is 79.9. The Morgan fingerprint density at radius 3 is 2.56 bits per heavy atom. The zero-order chi connectivity index (χ0) is 19.4. The Morgan fingerprint density at radius 1 is 1.11 bits per heavy atom. The van der Waals surface area contributed by atoms with Gasteiger partial charge >= 0.3 is 5.97 Å². The molecule has 2 aromatic rings. The van der Waals surface area contributed by atoms with Crippen molar-refractivity contribution in [3.8, 4) is 11.5 Å². The molecule has 1 heterocycles. The van der Waals surface area contributed by atoms with E-state index in [0.29, 0.717) is 28.1 Å². The molecule has 0 radical (unpaired) electrons. The molecule has 1 aliphatic rings. The standard InChI is InChI=1S/C20H20BrNO5/c1-25-17-9-14(15(21)11-18(17)26-2)10-20(24)27-12-19(23)22-8-7-13-5-3-4-6-16(13)22/h3-6,9,11H,7-8,10,12H2,1-2H3. The lowest BCUT2D eigenvalue weighted by atomic mass is 10.1. The molecule has 0 N–H and O–H groups in total. The van der Waals surface area contributed by atoms with E-state index in [4.69, 9.17) is 14.2 Å². The van der Waals surface area contributed by atoms with E-state index < -0.39 is 5.97 Å². The normalized spacial score (nSPS) is 12.5. The fraction of sp³-hybridized carbons (Fsp3) is 0.300. The summed E-state index contributed by atoms with van der Waals surface area (Å²) < 4.78 is 16.4. The van der Waals surface area contributed by atoms with Crippen molar-refractivity contribution < 1.29 is 23.8 Å². The summed E-state index contributed by atoms with van der Waals surface area (Å²) in [6.45, 7) is 0.328. The molecule has 0 aliphatic carbocycles. The monoisotopic (exact) mass is 433 g/mol. The number of para-hydroxylation sites is 1. The van der Waals surface area contributed by atoms with Gasteiger partial charge in [0.05, 0.1) is 20.6 Å². The van der Waals surface area contributed by atoms with Crippen molar-refractivity contribution in [2.24, 2.45) is 0 Å². The van der Waals surface area contributed by atoms with Gasteiger partial charge < -0.3 is 19.1 Å². The smallest absolute Gasteiger partial charge is 0.310 e. The van der Waals surface area contributed by atoms with Crippen LogP contribution in [0.1, 0.15) is 11.1 Å². The third kappa shape index (κ3) is 4.24. The second-order valence-corrected chi connectivity index (χ2v) is 6.91. The highest BCUT2D eigenvalue weighted by Gasteiger charge is 2.25. The molecule has 0 spiro atoms. The maximum absolute atomic E-state index is 12.4. The predicted molar refractivity (Wildman–Crippen MR) is 104 cm³/mol. The number of halogens is 1. The van der Waals surface area contributed by atoms with Crippen molar-refractivity contribution in [1.82, 2.24) is 0 Å². The number of nitrogens with zero attached hydrogens (tertiary/aromatic N) is 1. The van der Waals surface area contributed by atoms with E-state index in [9.17, 15) is 9.59 Å². The van der Waals surface area contributed by atoms with Crippen molar-refractivity contribution in [2.45, 2.75) is 12.8 Å². The molecule has 0 saturated heterocycles. The minimum absolute atomic E-state index is 0.0187. The Kier molecular flexibility index (Phi) is 6.01. The van der Waals surface area contributed by atoms with E-state index in [0.717, 1.165) is 17.7 Å². The first-order valence-corrected chi connectivity index (χ1v) is 9.27. The number of ether oxygens (including phenoxy) is 3.